The summed E-state index contributed by atoms with van der Waals surface area (Å²) in [7, 11) is 1.32. The smallest absolute Gasteiger partial charge is 0.337 e. The molecule has 2 aromatic rings. The summed E-state index contributed by atoms with van der Waals surface area (Å²) in [5.74, 6) is 1.82. The summed E-state index contributed by atoms with van der Waals surface area (Å²) in [6.07, 6.45) is 2.71. The second kappa shape index (κ2) is 8.02. The molecular weight excluding hydrogens is 340 g/mol. The third-order valence-electron chi connectivity index (χ3n) is 3.74. The number of esters is 1. The van der Waals surface area contributed by atoms with Gasteiger partial charge in [0.25, 0.3) is 5.91 Å². The number of amides is 1. The van der Waals surface area contributed by atoms with Gasteiger partial charge in [-0.1, -0.05) is 0 Å². The van der Waals surface area contributed by atoms with Crippen LogP contribution in [0.2, 0.25) is 0 Å². The lowest BCUT2D eigenvalue weighted by molar-refractivity contribution is 0.0600. The van der Waals surface area contributed by atoms with Crippen molar-refractivity contribution < 1.29 is 19.1 Å². The van der Waals surface area contributed by atoms with Gasteiger partial charge in [-0.15, -0.1) is 0 Å². The fourth-order valence-corrected chi connectivity index (χ4v) is 3.50. The van der Waals surface area contributed by atoms with Crippen molar-refractivity contribution in [2.45, 2.75) is 12.5 Å². The molecule has 1 saturated heterocycles. The number of pyridine rings is 1. The Balaban J connectivity index is 1.65. The van der Waals surface area contributed by atoms with Gasteiger partial charge in [-0.3, -0.25) is 4.79 Å². The van der Waals surface area contributed by atoms with Gasteiger partial charge in [0.2, 0.25) is 5.88 Å². The number of hydrogen-bond acceptors (Lipinski definition) is 6. The molecule has 1 aromatic heterocycles. The SMILES string of the molecule is COC(=O)c1ccc(NC(=O)c2ccnc(OC3CCSC3)c2)cc1. The molecule has 6 nitrogen and oxygen atoms in total. The fourth-order valence-electron chi connectivity index (χ4n) is 2.40. The van der Waals surface area contributed by atoms with Crippen LogP contribution in [0.5, 0.6) is 5.88 Å². The molecule has 0 aliphatic carbocycles. The van der Waals surface area contributed by atoms with Crippen LogP contribution in [0.3, 0.4) is 0 Å². The predicted molar refractivity (Wildman–Crippen MR) is 96.3 cm³/mol. The van der Waals surface area contributed by atoms with Crippen molar-refractivity contribution in [2.75, 3.05) is 23.9 Å². The van der Waals surface area contributed by atoms with Gasteiger partial charge in [0, 0.05) is 29.3 Å². The van der Waals surface area contributed by atoms with Gasteiger partial charge in [-0.2, -0.15) is 11.8 Å². The molecule has 1 aliphatic heterocycles. The van der Waals surface area contributed by atoms with Crippen molar-refractivity contribution >= 4 is 29.3 Å². The summed E-state index contributed by atoms with van der Waals surface area (Å²) >= 11 is 1.85. The maximum absolute atomic E-state index is 12.4. The van der Waals surface area contributed by atoms with E-state index in [9.17, 15) is 9.59 Å². The molecule has 1 fully saturated rings. The molecule has 1 atom stereocenters. The Morgan fingerprint density at radius 3 is 2.68 bits per heavy atom. The summed E-state index contributed by atoms with van der Waals surface area (Å²) in [5.41, 5.74) is 1.48. The molecule has 7 heteroatoms. The number of nitrogens with zero attached hydrogens (tertiary/aromatic N) is 1. The molecule has 0 saturated carbocycles. The van der Waals surface area contributed by atoms with E-state index in [4.69, 9.17) is 4.74 Å². The van der Waals surface area contributed by atoms with E-state index in [1.165, 1.54) is 7.11 Å². The maximum atomic E-state index is 12.4. The summed E-state index contributed by atoms with van der Waals surface area (Å²) in [5, 5.41) is 2.78. The molecule has 0 radical (unpaired) electrons. The van der Waals surface area contributed by atoms with Crippen LogP contribution in [-0.4, -0.2) is 41.6 Å². The van der Waals surface area contributed by atoms with Crippen LogP contribution >= 0.6 is 11.8 Å². The first-order chi connectivity index (χ1) is 12.2. The van der Waals surface area contributed by atoms with E-state index < -0.39 is 5.97 Å². The third-order valence-corrected chi connectivity index (χ3v) is 4.87. The first kappa shape index (κ1) is 17.3. The van der Waals surface area contributed by atoms with Gasteiger partial charge in [-0.25, -0.2) is 9.78 Å². The molecule has 1 aromatic carbocycles. The molecule has 1 aliphatic rings. The summed E-state index contributed by atoms with van der Waals surface area (Å²) in [6, 6.07) is 9.77. The largest absolute Gasteiger partial charge is 0.473 e. The van der Waals surface area contributed by atoms with Crippen LogP contribution in [0, 0.1) is 0 Å². The minimum atomic E-state index is -0.418. The van der Waals surface area contributed by atoms with Crippen LogP contribution < -0.4 is 10.1 Å². The number of anilines is 1. The first-order valence-electron chi connectivity index (χ1n) is 7.86. The van der Waals surface area contributed by atoms with Gasteiger partial charge in [0.1, 0.15) is 6.10 Å². The molecule has 1 amide bonds. The van der Waals surface area contributed by atoms with Gasteiger partial charge >= 0.3 is 5.97 Å². The quantitative estimate of drug-likeness (QED) is 0.828. The standard InChI is InChI=1S/C18H18N2O4S/c1-23-18(22)12-2-4-14(5-3-12)20-17(21)13-6-8-19-16(10-13)24-15-7-9-25-11-15/h2-6,8,10,15H,7,9,11H2,1H3,(H,20,21). The minimum absolute atomic E-state index is 0.154. The Bertz CT molecular complexity index is 758. The van der Waals surface area contributed by atoms with Crippen molar-refractivity contribution in [3.63, 3.8) is 0 Å². The second-order valence-corrected chi connectivity index (χ2v) is 6.66. The maximum Gasteiger partial charge on any atom is 0.337 e. The number of hydrogen-bond donors (Lipinski definition) is 1. The van der Waals surface area contributed by atoms with Gasteiger partial charge in [0.05, 0.1) is 12.7 Å². The highest BCUT2D eigenvalue weighted by Crippen LogP contribution is 2.22. The van der Waals surface area contributed by atoms with E-state index in [-0.39, 0.29) is 12.0 Å². The van der Waals surface area contributed by atoms with Gasteiger partial charge in [-0.05, 0) is 42.5 Å². The van der Waals surface area contributed by atoms with E-state index in [1.54, 1.807) is 42.6 Å². The molecule has 130 valence electrons. The predicted octanol–water partition coefficient (Wildman–Crippen LogP) is 3.00. The average molecular weight is 358 g/mol. The van der Waals surface area contributed by atoms with Crippen molar-refractivity contribution in [3.05, 3.63) is 53.7 Å². The number of rotatable bonds is 5. The van der Waals surface area contributed by atoms with Crippen LogP contribution in [0.15, 0.2) is 42.6 Å². The van der Waals surface area contributed by atoms with E-state index in [0.29, 0.717) is 22.7 Å². The first-order valence-corrected chi connectivity index (χ1v) is 9.01. The number of carbonyl (C=O) groups is 2. The Morgan fingerprint density at radius 1 is 1.20 bits per heavy atom. The van der Waals surface area contributed by atoms with Crippen molar-refractivity contribution in [2.24, 2.45) is 0 Å². The Morgan fingerprint density at radius 2 is 2.00 bits per heavy atom. The number of carbonyl (C=O) groups excluding carboxylic acids is 2. The van der Waals surface area contributed by atoms with Crippen LogP contribution in [0.1, 0.15) is 27.1 Å². The highest BCUT2D eigenvalue weighted by atomic mass is 32.2. The lowest BCUT2D eigenvalue weighted by atomic mass is 10.2. The van der Waals surface area contributed by atoms with Crippen molar-refractivity contribution in [3.8, 4) is 5.88 Å². The van der Waals surface area contributed by atoms with E-state index in [0.717, 1.165) is 17.9 Å². The normalized spacial score (nSPS) is 16.3. The molecule has 1 N–H and O–H groups in total. The van der Waals surface area contributed by atoms with E-state index in [2.05, 4.69) is 15.0 Å². The average Bonchev–Trinajstić information content (AvgIpc) is 3.15. The summed E-state index contributed by atoms with van der Waals surface area (Å²) < 4.78 is 10.5. The van der Waals surface area contributed by atoms with Gasteiger partial charge < -0.3 is 14.8 Å². The van der Waals surface area contributed by atoms with Crippen LogP contribution in [-0.2, 0) is 4.74 Å². The fraction of sp³-hybridized carbons (Fsp3) is 0.278. The number of benzene rings is 1. The van der Waals surface area contributed by atoms with Crippen LogP contribution in [0.4, 0.5) is 5.69 Å². The lowest BCUT2D eigenvalue weighted by Crippen LogP contribution is -2.17. The number of nitrogens with one attached hydrogen (secondary N) is 1. The van der Waals surface area contributed by atoms with Crippen LogP contribution in [0.25, 0.3) is 0 Å². The Kier molecular flexibility index (Phi) is 5.55. The van der Waals surface area contributed by atoms with E-state index in [1.807, 2.05) is 11.8 Å². The molecule has 1 unspecified atom stereocenters. The number of aromatic nitrogens is 1. The lowest BCUT2D eigenvalue weighted by Gasteiger charge is -2.12. The van der Waals surface area contributed by atoms with E-state index >= 15 is 0 Å². The topological polar surface area (TPSA) is 77.5 Å². The summed E-state index contributed by atoms with van der Waals surface area (Å²) in [4.78, 5) is 28.0. The molecule has 25 heavy (non-hydrogen) atoms. The number of methoxy groups -OCH3 is 1. The Hall–Kier alpha value is -2.54. The Labute approximate surface area is 149 Å². The zero-order valence-electron chi connectivity index (χ0n) is 13.7. The zero-order valence-corrected chi connectivity index (χ0v) is 14.5. The number of ether oxygens (including phenoxy) is 2. The highest BCUT2D eigenvalue weighted by molar-refractivity contribution is 7.99. The highest BCUT2D eigenvalue weighted by Gasteiger charge is 2.18. The molecule has 2 heterocycles. The monoisotopic (exact) mass is 358 g/mol. The second-order valence-electron chi connectivity index (χ2n) is 5.51. The minimum Gasteiger partial charge on any atom is -0.473 e. The third kappa shape index (κ3) is 4.51. The summed E-state index contributed by atoms with van der Waals surface area (Å²) in [6.45, 7) is 0. The zero-order chi connectivity index (χ0) is 17.6. The molecule has 3 rings (SSSR count). The molecule has 0 bridgehead atoms. The molecule has 0 spiro atoms. The van der Waals surface area contributed by atoms with Crippen molar-refractivity contribution in [1.29, 1.82) is 0 Å². The van der Waals surface area contributed by atoms with Crippen molar-refractivity contribution in [1.82, 2.24) is 4.98 Å². The molecular formula is C18H18N2O4S. The van der Waals surface area contributed by atoms with Gasteiger partial charge in [0.15, 0.2) is 0 Å². The number of thioether (sulfide) groups is 1.